The van der Waals surface area contributed by atoms with Gasteiger partial charge in [-0.05, 0) is 68.4 Å². The molecule has 2 aromatic carbocycles. The van der Waals surface area contributed by atoms with Gasteiger partial charge in [0.05, 0.1) is 12.2 Å². The Labute approximate surface area is 200 Å². The standard InChI is InChI=1S/C23H26BrClN4O3/c1-3-11-28(12-4-2)15-29-20-10-5-16(24)13-19(20)22(23(29)31)27-26-21(30)14-32-18-8-6-17(25)7-9-18/h5-10,13,31H,3-4,11-12,14-15H2,1-2H3. The number of hydrogen-bond acceptors (Lipinski definition) is 5. The summed E-state index contributed by atoms with van der Waals surface area (Å²) in [4.78, 5) is 14.5. The SMILES string of the molecule is CCCN(CCC)Cn1c(O)c(N=NC(=O)COc2ccc(Cl)cc2)c2cc(Br)ccc21. The molecule has 0 unspecified atom stereocenters. The number of carbonyl (C=O) groups excluding carboxylic acids is 1. The molecule has 7 nitrogen and oxygen atoms in total. The molecule has 32 heavy (non-hydrogen) atoms. The number of hydrogen-bond donors (Lipinski definition) is 1. The zero-order valence-electron chi connectivity index (χ0n) is 18.1. The lowest BCUT2D eigenvalue weighted by Crippen LogP contribution is -2.27. The van der Waals surface area contributed by atoms with Crippen LogP contribution in [0, 0.1) is 0 Å². The Balaban J connectivity index is 1.83. The first-order valence-corrected chi connectivity index (χ1v) is 11.7. The van der Waals surface area contributed by atoms with Crippen molar-refractivity contribution in [1.82, 2.24) is 9.47 Å². The first kappa shape index (κ1) is 24.2. The van der Waals surface area contributed by atoms with E-state index in [0.29, 0.717) is 22.8 Å². The summed E-state index contributed by atoms with van der Waals surface area (Å²) >= 11 is 9.31. The second-order valence-corrected chi connectivity index (χ2v) is 8.71. The van der Waals surface area contributed by atoms with Gasteiger partial charge in [0, 0.05) is 14.9 Å². The van der Waals surface area contributed by atoms with E-state index in [-0.39, 0.29) is 18.2 Å². The number of rotatable bonds is 10. The zero-order valence-corrected chi connectivity index (χ0v) is 20.4. The molecular formula is C23H26BrClN4O3. The molecule has 0 spiro atoms. The van der Waals surface area contributed by atoms with Crippen LogP contribution in [0.15, 0.2) is 57.2 Å². The Kier molecular flexibility index (Phi) is 8.67. The number of carbonyl (C=O) groups is 1. The van der Waals surface area contributed by atoms with E-state index < -0.39 is 5.91 Å². The number of amides is 1. The number of nitrogens with zero attached hydrogens (tertiary/aromatic N) is 4. The van der Waals surface area contributed by atoms with E-state index in [1.54, 1.807) is 28.8 Å². The lowest BCUT2D eigenvalue weighted by molar-refractivity contribution is -0.120. The normalized spacial score (nSPS) is 11.7. The van der Waals surface area contributed by atoms with E-state index >= 15 is 0 Å². The lowest BCUT2D eigenvalue weighted by Gasteiger charge is -2.22. The quantitative estimate of drug-likeness (QED) is 0.308. The van der Waals surface area contributed by atoms with Crippen molar-refractivity contribution in [3.63, 3.8) is 0 Å². The molecule has 3 rings (SSSR count). The van der Waals surface area contributed by atoms with E-state index in [9.17, 15) is 9.90 Å². The Morgan fingerprint density at radius 2 is 1.84 bits per heavy atom. The molecule has 0 bridgehead atoms. The molecule has 0 saturated carbocycles. The van der Waals surface area contributed by atoms with Gasteiger partial charge in [-0.3, -0.25) is 14.3 Å². The molecule has 1 N–H and O–H groups in total. The molecule has 0 saturated heterocycles. The van der Waals surface area contributed by atoms with Crippen molar-refractivity contribution < 1.29 is 14.6 Å². The van der Waals surface area contributed by atoms with Crippen LogP contribution in [0.25, 0.3) is 10.9 Å². The maximum Gasteiger partial charge on any atom is 0.302 e. The minimum atomic E-state index is -0.561. The Hall–Kier alpha value is -2.42. The van der Waals surface area contributed by atoms with E-state index in [1.165, 1.54) is 0 Å². The fraction of sp³-hybridized carbons (Fsp3) is 0.348. The molecule has 0 fully saturated rings. The molecule has 0 aliphatic heterocycles. The third-order valence-electron chi connectivity index (χ3n) is 4.83. The Bertz CT molecular complexity index is 1090. The summed E-state index contributed by atoms with van der Waals surface area (Å²) in [6.07, 6.45) is 2.03. The van der Waals surface area contributed by atoms with Gasteiger partial charge in [-0.15, -0.1) is 10.2 Å². The average molecular weight is 522 g/mol. The maximum absolute atomic E-state index is 12.2. The minimum absolute atomic E-state index is 0.0227. The van der Waals surface area contributed by atoms with Gasteiger partial charge in [-0.25, -0.2) is 0 Å². The summed E-state index contributed by atoms with van der Waals surface area (Å²) in [5.41, 5.74) is 1.08. The van der Waals surface area contributed by atoms with Crippen LogP contribution in [0.5, 0.6) is 11.6 Å². The van der Waals surface area contributed by atoms with E-state index in [2.05, 4.69) is 44.9 Å². The summed E-state index contributed by atoms with van der Waals surface area (Å²) in [7, 11) is 0. The number of halogens is 2. The van der Waals surface area contributed by atoms with Crippen LogP contribution in [0.3, 0.4) is 0 Å². The molecule has 0 aliphatic carbocycles. The van der Waals surface area contributed by atoms with Gasteiger partial charge in [-0.1, -0.05) is 41.4 Å². The fourth-order valence-electron chi connectivity index (χ4n) is 3.43. The molecule has 1 amide bonds. The average Bonchev–Trinajstić information content (AvgIpc) is 3.02. The van der Waals surface area contributed by atoms with Crippen LogP contribution in [0.2, 0.25) is 5.02 Å². The molecule has 9 heteroatoms. The van der Waals surface area contributed by atoms with E-state index in [1.807, 2.05) is 18.2 Å². The van der Waals surface area contributed by atoms with Crippen molar-refractivity contribution in [3.8, 4) is 11.6 Å². The maximum atomic E-state index is 12.2. The Morgan fingerprint density at radius 1 is 1.16 bits per heavy atom. The highest BCUT2D eigenvalue weighted by Crippen LogP contribution is 2.40. The monoisotopic (exact) mass is 520 g/mol. The molecule has 170 valence electrons. The van der Waals surface area contributed by atoms with Gasteiger partial charge in [0.2, 0.25) is 5.88 Å². The van der Waals surface area contributed by atoms with Crippen LogP contribution in [-0.4, -0.2) is 40.2 Å². The summed E-state index contributed by atoms with van der Waals surface area (Å²) in [6, 6.07) is 12.4. The fourth-order valence-corrected chi connectivity index (χ4v) is 3.92. The topological polar surface area (TPSA) is 79.4 Å². The predicted molar refractivity (Wildman–Crippen MR) is 130 cm³/mol. The van der Waals surface area contributed by atoms with Gasteiger partial charge >= 0.3 is 5.91 Å². The number of aromatic hydroxyl groups is 1. The van der Waals surface area contributed by atoms with Crippen molar-refractivity contribution in [2.24, 2.45) is 10.2 Å². The number of azo groups is 1. The van der Waals surface area contributed by atoms with Crippen LogP contribution in [-0.2, 0) is 11.5 Å². The molecule has 0 atom stereocenters. The smallest absolute Gasteiger partial charge is 0.302 e. The second kappa shape index (κ2) is 11.4. The van der Waals surface area contributed by atoms with Gasteiger partial charge in [0.15, 0.2) is 12.3 Å². The predicted octanol–water partition coefficient (Wildman–Crippen LogP) is 6.53. The third-order valence-corrected chi connectivity index (χ3v) is 5.58. The minimum Gasteiger partial charge on any atom is -0.493 e. The largest absolute Gasteiger partial charge is 0.493 e. The van der Waals surface area contributed by atoms with Crippen LogP contribution in [0.1, 0.15) is 26.7 Å². The summed E-state index contributed by atoms with van der Waals surface area (Å²) in [6.45, 7) is 6.35. The van der Waals surface area contributed by atoms with Gasteiger partial charge in [0.25, 0.3) is 0 Å². The molecule has 3 aromatic rings. The third kappa shape index (κ3) is 6.09. The van der Waals surface area contributed by atoms with Crippen molar-refractivity contribution in [3.05, 3.63) is 52.0 Å². The highest BCUT2D eigenvalue weighted by Gasteiger charge is 2.19. The van der Waals surface area contributed by atoms with Gasteiger partial charge < -0.3 is 9.84 Å². The zero-order chi connectivity index (χ0) is 23.1. The van der Waals surface area contributed by atoms with Gasteiger partial charge in [0.1, 0.15) is 5.75 Å². The van der Waals surface area contributed by atoms with Crippen LogP contribution < -0.4 is 4.74 Å². The van der Waals surface area contributed by atoms with E-state index in [4.69, 9.17) is 16.3 Å². The van der Waals surface area contributed by atoms with Crippen LogP contribution in [0.4, 0.5) is 5.69 Å². The lowest BCUT2D eigenvalue weighted by atomic mass is 10.2. The second-order valence-electron chi connectivity index (χ2n) is 7.36. The van der Waals surface area contributed by atoms with Crippen molar-refractivity contribution in [2.45, 2.75) is 33.4 Å². The highest BCUT2D eigenvalue weighted by atomic mass is 79.9. The number of aromatic nitrogens is 1. The van der Waals surface area contributed by atoms with Gasteiger partial charge in [-0.2, -0.15) is 0 Å². The van der Waals surface area contributed by atoms with Crippen molar-refractivity contribution in [1.29, 1.82) is 0 Å². The van der Waals surface area contributed by atoms with Crippen molar-refractivity contribution in [2.75, 3.05) is 19.7 Å². The molecule has 0 aliphatic rings. The Morgan fingerprint density at radius 3 is 2.50 bits per heavy atom. The first-order valence-electron chi connectivity index (χ1n) is 10.5. The molecule has 1 heterocycles. The van der Waals surface area contributed by atoms with Crippen molar-refractivity contribution >= 4 is 50.0 Å². The highest BCUT2D eigenvalue weighted by molar-refractivity contribution is 9.10. The number of fused-ring (bicyclic) bond motifs is 1. The summed E-state index contributed by atoms with van der Waals surface area (Å²) in [5.74, 6) is -0.0763. The van der Waals surface area contributed by atoms with Crippen LogP contribution >= 0.6 is 27.5 Å². The molecule has 1 aromatic heterocycles. The number of ether oxygens (including phenoxy) is 1. The molecule has 0 radical (unpaired) electrons. The van der Waals surface area contributed by atoms with E-state index in [0.717, 1.165) is 35.9 Å². The first-order chi connectivity index (χ1) is 15.4. The number of benzene rings is 2. The summed E-state index contributed by atoms with van der Waals surface area (Å²) < 4.78 is 8.06. The summed E-state index contributed by atoms with van der Waals surface area (Å²) in [5, 5.41) is 20.1. The molecular weight excluding hydrogens is 496 g/mol.